The Balaban J connectivity index is 2.09. The Hall–Kier alpha value is -0.240. The second kappa shape index (κ2) is 5.60. The number of rotatable bonds is 5. The molecule has 0 heterocycles. The van der Waals surface area contributed by atoms with Crippen molar-refractivity contribution in [2.24, 2.45) is 11.8 Å². The smallest absolute Gasteiger partial charge is 0.0624 e. The highest BCUT2D eigenvalue weighted by Gasteiger charge is 2.32. The zero-order valence-electron chi connectivity index (χ0n) is 10.3. The lowest BCUT2D eigenvalue weighted by Gasteiger charge is -2.24. The molecule has 0 bridgehead atoms. The monoisotopic (exact) mass is 271 g/mol. The van der Waals surface area contributed by atoms with Gasteiger partial charge in [0.1, 0.15) is 0 Å². The molecule has 0 aliphatic heterocycles. The molecule has 1 N–H and O–H groups in total. The van der Waals surface area contributed by atoms with Crippen LogP contribution in [0.15, 0.2) is 18.2 Å². The van der Waals surface area contributed by atoms with E-state index in [-0.39, 0.29) is 0 Å². The average molecular weight is 272 g/mol. The molecule has 17 heavy (non-hydrogen) atoms. The predicted molar refractivity (Wildman–Crippen MR) is 74.9 cm³/mol. The van der Waals surface area contributed by atoms with Gasteiger partial charge in [-0.1, -0.05) is 42.3 Å². The fourth-order valence-electron chi connectivity index (χ4n) is 2.44. The maximum absolute atomic E-state index is 6.23. The third-order valence-corrected chi connectivity index (χ3v) is 4.70. The van der Waals surface area contributed by atoms with E-state index in [9.17, 15) is 0 Å². The fourth-order valence-corrected chi connectivity index (χ4v) is 2.84. The molecule has 2 rings (SSSR count). The summed E-state index contributed by atoms with van der Waals surface area (Å²) < 4.78 is 0. The van der Waals surface area contributed by atoms with Gasteiger partial charge in [-0.25, -0.2) is 0 Å². The van der Waals surface area contributed by atoms with E-state index in [0.717, 1.165) is 17.9 Å². The highest BCUT2D eigenvalue weighted by atomic mass is 35.5. The summed E-state index contributed by atoms with van der Waals surface area (Å²) in [4.78, 5) is 0. The molecule has 0 radical (unpaired) electrons. The number of nitrogens with one attached hydrogen (secondary N) is 1. The summed E-state index contributed by atoms with van der Waals surface area (Å²) in [6.07, 6.45) is 3.71. The van der Waals surface area contributed by atoms with Crippen molar-refractivity contribution in [3.63, 3.8) is 0 Å². The summed E-state index contributed by atoms with van der Waals surface area (Å²) in [6.45, 7) is 2.33. The Morgan fingerprint density at radius 1 is 1.35 bits per heavy atom. The fraction of sp³-hybridized carbons (Fsp3) is 0.571. The lowest BCUT2D eigenvalue weighted by Crippen LogP contribution is -2.35. The van der Waals surface area contributed by atoms with Gasteiger partial charge in [0.05, 0.1) is 10.0 Å². The maximum atomic E-state index is 6.23. The van der Waals surface area contributed by atoms with Crippen molar-refractivity contribution >= 4 is 23.2 Å². The quantitative estimate of drug-likeness (QED) is 0.848. The van der Waals surface area contributed by atoms with Crippen molar-refractivity contribution in [1.29, 1.82) is 0 Å². The van der Waals surface area contributed by atoms with Gasteiger partial charge in [-0.15, -0.1) is 0 Å². The summed E-state index contributed by atoms with van der Waals surface area (Å²) in [6, 6.07) is 6.36. The van der Waals surface area contributed by atoms with Crippen molar-refractivity contribution < 1.29 is 0 Å². The number of hydrogen-bond donors (Lipinski definition) is 1. The van der Waals surface area contributed by atoms with Gasteiger partial charge >= 0.3 is 0 Å². The topological polar surface area (TPSA) is 12.0 Å². The van der Waals surface area contributed by atoms with E-state index in [1.807, 2.05) is 19.2 Å². The summed E-state index contributed by atoms with van der Waals surface area (Å²) in [5, 5.41) is 4.77. The molecule has 1 aromatic rings. The van der Waals surface area contributed by atoms with Crippen LogP contribution in [0.4, 0.5) is 0 Å². The van der Waals surface area contributed by atoms with E-state index in [0.29, 0.717) is 22.0 Å². The molecule has 0 saturated heterocycles. The highest BCUT2D eigenvalue weighted by Crippen LogP contribution is 2.39. The molecule has 1 fully saturated rings. The van der Waals surface area contributed by atoms with Gasteiger partial charge in [-0.3, -0.25) is 0 Å². The van der Waals surface area contributed by atoms with Gasteiger partial charge in [0.25, 0.3) is 0 Å². The van der Waals surface area contributed by atoms with Gasteiger partial charge in [0, 0.05) is 6.04 Å². The second-order valence-electron chi connectivity index (χ2n) is 5.01. The lowest BCUT2D eigenvalue weighted by molar-refractivity contribution is 0.358. The van der Waals surface area contributed by atoms with Crippen LogP contribution in [0.5, 0.6) is 0 Å². The van der Waals surface area contributed by atoms with Crippen molar-refractivity contribution in [3.8, 4) is 0 Å². The Kier molecular flexibility index (Phi) is 4.35. The van der Waals surface area contributed by atoms with Crippen LogP contribution < -0.4 is 5.32 Å². The van der Waals surface area contributed by atoms with Crippen molar-refractivity contribution in [2.75, 3.05) is 7.05 Å². The van der Waals surface area contributed by atoms with Crippen LogP contribution in [0.1, 0.15) is 25.3 Å². The Morgan fingerprint density at radius 3 is 2.65 bits per heavy atom. The van der Waals surface area contributed by atoms with Crippen LogP contribution >= 0.6 is 23.2 Å². The molecule has 1 aliphatic carbocycles. The Bertz CT molecular complexity index is 388. The summed E-state index contributed by atoms with van der Waals surface area (Å²) >= 11 is 12.3. The first-order chi connectivity index (χ1) is 8.13. The maximum Gasteiger partial charge on any atom is 0.0624 e. The minimum Gasteiger partial charge on any atom is -0.316 e. The first kappa shape index (κ1) is 13.2. The zero-order chi connectivity index (χ0) is 12.4. The van der Waals surface area contributed by atoms with Crippen molar-refractivity contribution in [1.82, 2.24) is 5.32 Å². The molecule has 1 aromatic carbocycles. The molecule has 1 aliphatic rings. The van der Waals surface area contributed by atoms with Gasteiger partial charge in [-0.2, -0.15) is 0 Å². The highest BCUT2D eigenvalue weighted by molar-refractivity contribution is 6.42. The summed E-state index contributed by atoms with van der Waals surface area (Å²) in [7, 11) is 2.03. The molecule has 2 unspecified atom stereocenters. The van der Waals surface area contributed by atoms with Gasteiger partial charge in [-0.05, 0) is 49.8 Å². The van der Waals surface area contributed by atoms with Gasteiger partial charge in [0.15, 0.2) is 0 Å². The zero-order valence-corrected chi connectivity index (χ0v) is 11.9. The molecule has 1 saturated carbocycles. The number of likely N-dealkylation sites (N-methyl/N-ethyl adjacent to an activating group) is 1. The lowest BCUT2D eigenvalue weighted by atomic mass is 9.91. The van der Waals surface area contributed by atoms with E-state index in [1.54, 1.807) is 0 Å². The predicted octanol–water partition coefficient (Wildman–Crippen LogP) is 4.17. The summed E-state index contributed by atoms with van der Waals surface area (Å²) in [5.41, 5.74) is 1.14. The third kappa shape index (κ3) is 3.15. The van der Waals surface area contributed by atoms with E-state index >= 15 is 0 Å². The molecule has 1 nitrogen and oxygen atoms in total. The van der Waals surface area contributed by atoms with Crippen LogP contribution in [-0.4, -0.2) is 13.1 Å². The normalized spacial score (nSPS) is 19.1. The van der Waals surface area contributed by atoms with Crippen LogP contribution in [0.25, 0.3) is 0 Å². The number of hydrogen-bond acceptors (Lipinski definition) is 1. The standard InChI is InChI=1S/C14H19Cl2N/c1-9(10-6-7-10)13(17-2)8-11-4-3-5-12(15)14(11)16/h3-5,9-10,13,17H,6-8H2,1-2H3. The molecule has 3 heteroatoms. The first-order valence-corrected chi connectivity index (χ1v) is 6.99. The molecular formula is C14H19Cl2N. The van der Waals surface area contributed by atoms with Crippen LogP contribution in [0.2, 0.25) is 10.0 Å². The summed E-state index contributed by atoms with van der Waals surface area (Å²) in [5.74, 6) is 1.60. The molecule has 0 amide bonds. The van der Waals surface area contributed by atoms with Crippen molar-refractivity contribution in [3.05, 3.63) is 33.8 Å². The SMILES string of the molecule is CNC(Cc1cccc(Cl)c1Cl)C(C)C1CC1. The van der Waals surface area contributed by atoms with E-state index < -0.39 is 0 Å². The molecule has 0 aromatic heterocycles. The Labute approximate surface area is 114 Å². The minimum absolute atomic E-state index is 0.485. The molecule has 2 atom stereocenters. The van der Waals surface area contributed by atoms with Gasteiger partial charge in [0.2, 0.25) is 0 Å². The molecule has 0 spiro atoms. The largest absolute Gasteiger partial charge is 0.316 e. The van der Waals surface area contributed by atoms with Crippen LogP contribution in [0, 0.1) is 11.8 Å². The Morgan fingerprint density at radius 2 is 2.06 bits per heavy atom. The minimum atomic E-state index is 0.485. The number of halogens is 2. The first-order valence-electron chi connectivity index (χ1n) is 6.23. The average Bonchev–Trinajstić information content (AvgIpc) is 3.14. The van der Waals surface area contributed by atoms with E-state index in [1.165, 1.54) is 12.8 Å². The van der Waals surface area contributed by atoms with E-state index in [2.05, 4.69) is 18.3 Å². The van der Waals surface area contributed by atoms with Crippen LogP contribution in [0.3, 0.4) is 0 Å². The van der Waals surface area contributed by atoms with Gasteiger partial charge < -0.3 is 5.32 Å². The third-order valence-electron chi connectivity index (χ3n) is 3.84. The van der Waals surface area contributed by atoms with Crippen LogP contribution in [-0.2, 0) is 6.42 Å². The van der Waals surface area contributed by atoms with E-state index in [4.69, 9.17) is 23.2 Å². The molecule has 94 valence electrons. The second-order valence-corrected chi connectivity index (χ2v) is 5.79. The molecular weight excluding hydrogens is 253 g/mol. The van der Waals surface area contributed by atoms with Crippen molar-refractivity contribution in [2.45, 2.75) is 32.2 Å². The number of benzene rings is 1.